The zero-order valence-electron chi connectivity index (χ0n) is 12.1. The maximum absolute atomic E-state index is 11.5. The van der Waals surface area contributed by atoms with E-state index in [0.717, 1.165) is 49.9 Å². The standard InChI is InChI=1S/C16H22N2O2/c1-3-9-18(10-4-2)15-13(16(19)20)11-12-7-5-6-8-14(12)17-15/h3,11H,1,4-10H2,2H3,(H,19,20). The van der Waals surface area contributed by atoms with E-state index in [9.17, 15) is 9.90 Å². The van der Waals surface area contributed by atoms with E-state index in [1.165, 1.54) is 0 Å². The van der Waals surface area contributed by atoms with Gasteiger partial charge in [-0.1, -0.05) is 13.0 Å². The van der Waals surface area contributed by atoms with E-state index >= 15 is 0 Å². The highest BCUT2D eigenvalue weighted by molar-refractivity contribution is 5.93. The first-order valence-electron chi connectivity index (χ1n) is 7.29. The number of pyridine rings is 1. The molecule has 1 aliphatic carbocycles. The van der Waals surface area contributed by atoms with Crippen molar-refractivity contribution in [1.82, 2.24) is 4.98 Å². The Kier molecular flexibility index (Phi) is 4.77. The Hall–Kier alpha value is -1.84. The van der Waals surface area contributed by atoms with Crippen LogP contribution in [0.15, 0.2) is 18.7 Å². The van der Waals surface area contributed by atoms with Crippen LogP contribution in [0.3, 0.4) is 0 Å². The average molecular weight is 274 g/mol. The van der Waals surface area contributed by atoms with Crippen molar-refractivity contribution in [2.24, 2.45) is 0 Å². The van der Waals surface area contributed by atoms with Gasteiger partial charge >= 0.3 is 5.97 Å². The van der Waals surface area contributed by atoms with Gasteiger partial charge in [-0.15, -0.1) is 6.58 Å². The Balaban J connectivity index is 2.47. The van der Waals surface area contributed by atoms with E-state index in [2.05, 4.69) is 18.5 Å². The minimum atomic E-state index is -0.897. The van der Waals surface area contributed by atoms with Gasteiger partial charge in [-0.05, 0) is 43.7 Å². The number of carboxylic acid groups (broad SMARTS) is 1. The first-order valence-corrected chi connectivity index (χ1v) is 7.29. The zero-order chi connectivity index (χ0) is 14.5. The maximum atomic E-state index is 11.5. The van der Waals surface area contributed by atoms with Crippen LogP contribution < -0.4 is 4.90 Å². The van der Waals surface area contributed by atoms with Crippen molar-refractivity contribution in [3.05, 3.63) is 35.5 Å². The van der Waals surface area contributed by atoms with Crippen LogP contribution in [0.2, 0.25) is 0 Å². The van der Waals surface area contributed by atoms with Gasteiger partial charge in [0.2, 0.25) is 0 Å². The second kappa shape index (κ2) is 6.55. The molecule has 1 aliphatic rings. The van der Waals surface area contributed by atoms with E-state index in [1.807, 2.05) is 11.0 Å². The fraction of sp³-hybridized carbons (Fsp3) is 0.500. The maximum Gasteiger partial charge on any atom is 0.339 e. The number of aryl methyl sites for hydroxylation is 2. The summed E-state index contributed by atoms with van der Waals surface area (Å²) in [5, 5.41) is 9.46. The fourth-order valence-electron chi connectivity index (χ4n) is 2.73. The lowest BCUT2D eigenvalue weighted by molar-refractivity contribution is 0.0697. The fourth-order valence-corrected chi connectivity index (χ4v) is 2.73. The molecule has 0 radical (unpaired) electrons. The Morgan fingerprint density at radius 1 is 1.50 bits per heavy atom. The highest BCUT2D eigenvalue weighted by Gasteiger charge is 2.21. The third-order valence-corrected chi connectivity index (χ3v) is 3.65. The van der Waals surface area contributed by atoms with Gasteiger partial charge in [0.25, 0.3) is 0 Å². The molecule has 0 fully saturated rings. The summed E-state index contributed by atoms with van der Waals surface area (Å²) < 4.78 is 0. The number of anilines is 1. The molecule has 1 heterocycles. The average Bonchev–Trinajstić information content (AvgIpc) is 2.45. The van der Waals surface area contributed by atoms with E-state index in [-0.39, 0.29) is 0 Å². The van der Waals surface area contributed by atoms with Crippen molar-refractivity contribution in [2.45, 2.75) is 39.0 Å². The molecule has 4 heteroatoms. The van der Waals surface area contributed by atoms with Crippen molar-refractivity contribution < 1.29 is 9.90 Å². The number of hydrogen-bond donors (Lipinski definition) is 1. The lowest BCUT2D eigenvalue weighted by Gasteiger charge is -2.26. The molecule has 1 aromatic rings. The smallest absolute Gasteiger partial charge is 0.339 e. The van der Waals surface area contributed by atoms with Gasteiger partial charge < -0.3 is 10.0 Å². The van der Waals surface area contributed by atoms with E-state index < -0.39 is 5.97 Å². The lowest BCUT2D eigenvalue weighted by atomic mass is 9.94. The number of carbonyl (C=O) groups is 1. The van der Waals surface area contributed by atoms with Gasteiger partial charge in [0.15, 0.2) is 0 Å². The molecule has 20 heavy (non-hydrogen) atoms. The molecule has 0 bridgehead atoms. The number of aromatic carboxylic acids is 1. The molecule has 1 aromatic heterocycles. The van der Waals surface area contributed by atoms with E-state index in [1.54, 1.807) is 6.08 Å². The van der Waals surface area contributed by atoms with Gasteiger partial charge in [-0.3, -0.25) is 0 Å². The summed E-state index contributed by atoms with van der Waals surface area (Å²) in [5.74, 6) is -0.300. The molecule has 1 N–H and O–H groups in total. The quantitative estimate of drug-likeness (QED) is 0.810. The zero-order valence-corrected chi connectivity index (χ0v) is 12.1. The first-order chi connectivity index (χ1) is 9.67. The minimum Gasteiger partial charge on any atom is -0.478 e. The first kappa shape index (κ1) is 14.6. The SMILES string of the molecule is C=CCN(CCC)c1nc2c(cc1C(=O)O)CCCC2. The predicted molar refractivity (Wildman–Crippen MR) is 80.5 cm³/mol. The van der Waals surface area contributed by atoms with Crippen LogP contribution in [0, 0.1) is 0 Å². The summed E-state index contributed by atoms with van der Waals surface area (Å²) in [4.78, 5) is 18.2. The predicted octanol–water partition coefficient (Wildman–Crippen LogP) is 3.06. The number of carboxylic acids is 1. The molecule has 108 valence electrons. The third kappa shape index (κ3) is 3.00. The third-order valence-electron chi connectivity index (χ3n) is 3.65. The molecule has 2 rings (SSSR count). The summed E-state index contributed by atoms with van der Waals surface area (Å²) in [7, 11) is 0. The van der Waals surface area contributed by atoms with Gasteiger partial charge in [0.1, 0.15) is 11.4 Å². The summed E-state index contributed by atoms with van der Waals surface area (Å²) >= 11 is 0. The molecule has 0 saturated heterocycles. The number of aromatic nitrogens is 1. The van der Waals surface area contributed by atoms with Gasteiger partial charge in [-0.2, -0.15) is 0 Å². The Bertz CT molecular complexity index is 511. The van der Waals surface area contributed by atoms with Crippen LogP contribution in [-0.4, -0.2) is 29.1 Å². The lowest BCUT2D eigenvalue weighted by Crippen LogP contribution is -2.28. The molecule has 0 amide bonds. The molecule has 0 atom stereocenters. The van der Waals surface area contributed by atoms with Crippen molar-refractivity contribution in [3.63, 3.8) is 0 Å². The van der Waals surface area contributed by atoms with Crippen LogP contribution in [0.25, 0.3) is 0 Å². The van der Waals surface area contributed by atoms with Gasteiger partial charge in [-0.25, -0.2) is 9.78 Å². The second-order valence-corrected chi connectivity index (χ2v) is 5.21. The van der Waals surface area contributed by atoms with E-state index in [4.69, 9.17) is 0 Å². The molecule has 0 saturated carbocycles. The van der Waals surface area contributed by atoms with Crippen molar-refractivity contribution in [1.29, 1.82) is 0 Å². The summed E-state index contributed by atoms with van der Waals surface area (Å²) in [6.45, 7) is 7.25. The Morgan fingerprint density at radius 3 is 2.90 bits per heavy atom. The molecule has 4 nitrogen and oxygen atoms in total. The monoisotopic (exact) mass is 274 g/mol. The van der Waals surface area contributed by atoms with Crippen LogP contribution >= 0.6 is 0 Å². The summed E-state index contributed by atoms with van der Waals surface area (Å²) in [6.07, 6.45) is 6.90. The molecule has 0 aromatic carbocycles. The van der Waals surface area contributed by atoms with Crippen LogP contribution in [0.5, 0.6) is 0 Å². The summed E-state index contributed by atoms with van der Waals surface area (Å²) in [5.41, 5.74) is 2.50. The number of nitrogens with zero attached hydrogens (tertiary/aromatic N) is 2. The molecular formula is C16H22N2O2. The molecule has 0 spiro atoms. The molecule has 0 aliphatic heterocycles. The minimum absolute atomic E-state index is 0.320. The van der Waals surface area contributed by atoms with Crippen molar-refractivity contribution >= 4 is 11.8 Å². The largest absolute Gasteiger partial charge is 0.478 e. The van der Waals surface area contributed by atoms with Gasteiger partial charge in [0, 0.05) is 18.8 Å². The van der Waals surface area contributed by atoms with Crippen LogP contribution in [0.1, 0.15) is 47.8 Å². The Labute approximate surface area is 120 Å². The number of rotatable bonds is 6. The second-order valence-electron chi connectivity index (χ2n) is 5.21. The highest BCUT2D eigenvalue weighted by atomic mass is 16.4. The van der Waals surface area contributed by atoms with Crippen LogP contribution in [-0.2, 0) is 12.8 Å². The highest BCUT2D eigenvalue weighted by Crippen LogP contribution is 2.27. The van der Waals surface area contributed by atoms with Crippen molar-refractivity contribution in [3.8, 4) is 0 Å². The number of fused-ring (bicyclic) bond motifs is 1. The molecular weight excluding hydrogens is 252 g/mol. The summed E-state index contributed by atoms with van der Waals surface area (Å²) in [6, 6.07) is 1.82. The van der Waals surface area contributed by atoms with Crippen molar-refractivity contribution in [2.75, 3.05) is 18.0 Å². The van der Waals surface area contributed by atoms with Gasteiger partial charge in [0.05, 0.1) is 0 Å². The Morgan fingerprint density at radius 2 is 2.25 bits per heavy atom. The van der Waals surface area contributed by atoms with Crippen LogP contribution in [0.4, 0.5) is 5.82 Å². The molecule has 0 unspecified atom stereocenters. The normalized spacial score (nSPS) is 13.7. The van der Waals surface area contributed by atoms with E-state index in [0.29, 0.717) is 17.9 Å². The topological polar surface area (TPSA) is 53.4 Å². The number of hydrogen-bond acceptors (Lipinski definition) is 3.